The van der Waals surface area contributed by atoms with Crippen molar-refractivity contribution in [2.24, 2.45) is 0 Å². The summed E-state index contributed by atoms with van der Waals surface area (Å²) in [4.78, 5) is 14.6. The van der Waals surface area contributed by atoms with Crippen molar-refractivity contribution in [2.45, 2.75) is 6.10 Å². The molecule has 0 saturated carbocycles. The number of aliphatic hydroxyl groups is 1. The minimum absolute atomic E-state index is 0.503. The average Bonchev–Trinajstić information content (AvgIpc) is 2.27. The number of aldehydes is 1. The summed E-state index contributed by atoms with van der Waals surface area (Å²) in [6.07, 6.45) is 1.06. The van der Waals surface area contributed by atoms with Crippen molar-refractivity contribution in [2.75, 3.05) is 0 Å². The molecule has 14 heavy (non-hydrogen) atoms. The third-order valence-electron chi connectivity index (χ3n) is 2.11. The summed E-state index contributed by atoms with van der Waals surface area (Å²) in [6.45, 7) is 0. The van der Waals surface area contributed by atoms with Crippen LogP contribution in [0, 0.1) is 0 Å². The second kappa shape index (κ2) is 3.55. The molecule has 0 saturated heterocycles. The van der Waals surface area contributed by atoms with Crippen LogP contribution in [-0.2, 0) is 4.79 Å². The monoisotopic (exact) mass is 187 g/mol. The van der Waals surface area contributed by atoms with E-state index >= 15 is 0 Å². The zero-order valence-corrected chi connectivity index (χ0v) is 7.42. The number of carbonyl (C=O) groups is 1. The lowest BCUT2D eigenvalue weighted by Crippen LogP contribution is -1.99. The van der Waals surface area contributed by atoms with Crippen LogP contribution in [0.25, 0.3) is 10.9 Å². The fraction of sp³-hybridized carbons (Fsp3) is 0.0909. The maximum Gasteiger partial charge on any atom is 0.153 e. The minimum atomic E-state index is -1.09. The van der Waals surface area contributed by atoms with Crippen molar-refractivity contribution in [1.29, 1.82) is 0 Å². The van der Waals surface area contributed by atoms with Crippen molar-refractivity contribution in [3.8, 4) is 0 Å². The highest BCUT2D eigenvalue weighted by Gasteiger charge is 2.09. The van der Waals surface area contributed by atoms with Gasteiger partial charge in [0.05, 0.1) is 5.52 Å². The highest BCUT2D eigenvalue weighted by Crippen LogP contribution is 2.20. The molecule has 70 valence electrons. The fourth-order valence-corrected chi connectivity index (χ4v) is 1.44. The second-order valence-electron chi connectivity index (χ2n) is 3.00. The number of aromatic nitrogens is 1. The summed E-state index contributed by atoms with van der Waals surface area (Å²) < 4.78 is 0. The molecule has 1 unspecified atom stereocenters. The predicted octanol–water partition coefficient (Wildman–Crippen LogP) is 1.47. The van der Waals surface area contributed by atoms with Gasteiger partial charge in [0.2, 0.25) is 0 Å². The molecule has 0 aliphatic heterocycles. The van der Waals surface area contributed by atoms with Gasteiger partial charge in [0.1, 0.15) is 6.10 Å². The van der Waals surface area contributed by atoms with Crippen LogP contribution < -0.4 is 0 Å². The van der Waals surface area contributed by atoms with E-state index in [-0.39, 0.29) is 0 Å². The number of hydrogen-bond donors (Lipinski definition) is 1. The van der Waals surface area contributed by atoms with Gasteiger partial charge in [-0.15, -0.1) is 0 Å². The predicted molar refractivity (Wildman–Crippen MR) is 52.8 cm³/mol. The number of para-hydroxylation sites is 1. The van der Waals surface area contributed by atoms with E-state index in [1.807, 2.05) is 18.2 Å². The van der Waals surface area contributed by atoms with Crippen LogP contribution in [0.4, 0.5) is 0 Å². The summed E-state index contributed by atoms with van der Waals surface area (Å²) in [5.74, 6) is 0. The second-order valence-corrected chi connectivity index (χ2v) is 3.00. The Morgan fingerprint density at radius 2 is 2.07 bits per heavy atom. The lowest BCUT2D eigenvalue weighted by molar-refractivity contribution is -0.115. The first-order valence-corrected chi connectivity index (χ1v) is 4.30. The summed E-state index contributed by atoms with van der Waals surface area (Å²) in [5.41, 5.74) is 1.23. The van der Waals surface area contributed by atoms with Crippen molar-refractivity contribution < 1.29 is 9.90 Å². The van der Waals surface area contributed by atoms with Gasteiger partial charge in [-0.25, -0.2) is 0 Å². The molecule has 3 nitrogen and oxygen atoms in total. The van der Waals surface area contributed by atoms with Gasteiger partial charge in [-0.3, -0.25) is 4.98 Å². The summed E-state index contributed by atoms with van der Waals surface area (Å²) in [6, 6.07) is 9.10. The van der Waals surface area contributed by atoms with E-state index in [1.165, 1.54) is 0 Å². The van der Waals surface area contributed by atoms with Gasteiger partial charge in [-0.05, 0) is 6.07 Å². The van der Waals surface area contributed by atoms with Crippen molar-refractivity contribution in [1.82, 2.24) is 4.98 Å². The first-order valence-electron chi connectivity index (χ1n) is 4.30. The van der Waals surface area contributed by atoms with Gasteiger partial charge in [0.15, 0.2) is 6.29 Å². The van der Waals surface area contributed by atoms with E-state index in [4.69, 9.17) is 0 Å². The smallest absolute Gasteiger partial charge is 0.153 e. The van der Waals surface area contributed by atoms with Crippen LogP contribution >= 0.6 is 0 Å². The molecule has 3 heteroatoms. The first-order chi connectivity index (χ1) is 6.83. The van der Waals surface area contributed by atoms with Crippen LogP contribution in [0.15, 0.2) is 36.5 Å². The normalized spacial score (nSPS) is 12.6. The maximum absolute atomic E-state index is 10.5. The van der Waals surface area contributed by atoms with Crippen LogP contribution in [0.3, 0.4) is 0 Å². The zero-order chi connectivity index (χ0) is 9.97. The van der Waals surface area contributed by atoms with E-state index < -0.39 is 6.10 Å². The maximum atomic E-state index is 10.5. The van der Waals surface area contributed by atoms with Crippen molar-refractivity contribution >= 4 is 17.2 Å². The highest BCUT2D eigenvalue weighted by molar-refractivity contribution is 5.84. The van der Waals surface area contributed by atoms with E-state index in [2.05, 4.69) is 4.98 Å². The molecule has 0 aliphatic carbocycles. The lowest BCUT2D eigenvalue weighted by atomic mass is 10.1. The van der Waals surface area contributed by atoms with Crippen LogP contribution in [0.1, 0.15) is 11.7 Å². The fourth-order valence-electron chi connectivity index (χ4n) is 1.44. The quantitative estimate of drug-likeness (QED) is 0.724. The molecular formula is C11H9NO2. The molecule has 1 atom stereocenters. The van der Waals surface area contributed by atoms with Crippen LogP contribution in [0.5, 0.6) is 0 Å². The van der Waals surface area contributed by atoms with Gasteiger partial charge in [-0.1, -0.05) is 24.3 Å². The molecule has 0 spiro atoms. The number of aliphatic hydroxyl groups excluding tert-OH is 1. The molecule has 1 heterocycles. The Bertz CT molecular complexity index is 462. The van der Waals surface area contributed by atoms with Crippen LogP contribution in [-0.4, -0.2) is 16.4 Å². The Hall–Kier alpha value is -1.74. The van der Waals surface area contributed by atoms with E-state index in [9.17, 15) is 9.90 Å². The number of pyridine rings is 1. The van der Waals surface area contributed by atoms with Crippen LogP contribution in [0.2, 0.25) is 0 Å². The minimum Gasteiger partial charge on any atom is -0.381 e. The Balaban J connectivity index is 2.70. The van der Waals surface area contributed by atoms with E-state index in [1.54, 1.807) is 18.3 Å². The molecule has 0 fully saturated rings. The van der Waals surface area contributed by atoms with Gasteiger partial charge in [0, 0.05) is 17.1 Å². The Morgan fingerprint density at radius 1 is 1.29 bits per heavy atom. The van der Waals surface area contributed by atoms with E-state index in [0.29, 0.717) is 17.4 Å². The zero-order valence-electron chi connectivity index (χ0n) is 7.42. The highest BCUT2D eigenvalue weighted by atomic mass is 16.3. The molecule has 2 rings (SSSR count). The molecule has 1 N–H and O–H groups in total. The number of nitrogens with zero attached hydrogens (tertiary/aromatic N) is 1. The average molecular weight is 187 g/mol. The summed E-state index contributed by atoms with van der Waals surface area (Å²) in [5, 5.41) is 10.3. The van der Waals surface area contributed by atoms with Gasteiger partial charge in [0.25, 0.3) is 0 Å². The standard InChI is InChI=1S/C11H9NO2/c13-7-10(14)9-5-1-3-8-4-2-6-12-11(8)9/h1-7,10,14H. The third kappa shape index (κ3) is 1.38. The van der Waals surface area contributed by atoms with Crippen molar-refractivity contribution in [3.05, 3.63) is 42.1 Å². The molecule has 2 aromatic rings. The number of carbonyl (C=O) groups excluding carboxylic acids is 1. The number of rotatable bonds is 2. The molecule has 1 aromatic carbocycles. The topological polar surface area (TPSA) is 50.2 Å². The SMILES string of the molecule is O=CC(O)c1cccc2cccnc12. The summed E-state index contributed by atoms with van der Waals surface area (Å²) >= 11 is 0. The van der Waals surface area contributed by atoms with E-state index in [0.717, 1.165) is 5.39 Å². The summed E-state index contributed by atoms with van der Waals surface area (Å²) in [7, 11) is 0. The van der Waals surface area contributed by atoms with Gasteiger partial charge in [-0.2, -0.15) is 0 Å². The van der Waals surface area contributed by atoms with Crippen molar-refractivity contribution in [3.63, 3.8) is 0 Å². The lowest BCUT2D eigenvalue weighted by Gasteiger charge is -2.06. The molecular weight excluding hydrogens is 178 g/mol. The third-order valence-corrected chi connectivity index (χ3v) is 2.11. The van der Waals surface area contributed by atoms with Gasteiger partial charge < -0.3 is 9.90 Å². The molecule has 1 aromatic heterocycles. The molecule has 0 radical (unpaired) electrons. The molecule has 0 amide bonds. The first kappa shape index (κ1) is 8.84. The molecule has 0 aliphatic rings. The Kier molecular flexibility index (Phi) is 2.24. The Morgan fingerprint density at radius 3 is 2.86 bits per heavy atom. The van der Waals surface area contributed by atoms with Gasteiger partial charge >= 0.3 is 0 Å². The number of benzene rings is 1. The number of hydrogen-bond acceptors (Lipinski definition) is 3. The number of fused-ring (bicyclic) bond motifs is 1. The molecule has 0 bridgehead atoms. The Labute approximate surface area is 81.0 Å². The largest absolute Gasteiger partial charge is 0.381 e.